The number of nitrogens with zero attached hydrogens (tertiary/aromatic N) is 2. The third kappa shape index (κ3) is 3.34. The Morgan fingerprint density at radius 2 is 2.05 bits per heavy atom. The molecule has 110 valence electrons. The van der Waals surface area contributed by atoms with Gasteiger partial charge in [0.05, 0.1) is 20.7 Å². The quantitative estimate of drug-likeness (QED) is 0.681. The van der Waals surface area contributed by atoms with Gasteiger partial charge in [0, 0.05) is 25.2 Å². The number of non-ortho nitro benzene ring substituents is 1. The molecule has 1 heterocycles. The lowest BCUT2D eigenvalue weighted by Gasteiger charge is -2.35. The lowest BCUT2D eigenvalue weighted by atomic mass is 9.94. The van der Waals surface area contributed by atoms with E-state index in [1.54, 1.807) is 0 Å². The van der Waals surface area contributed by atoms with Crippen LogP contribution in [0, 0.1) is 16.0 Å². The Balaban J connectivity index is 2.26. The van der Waals surface area contributed by atoms with Crippen molar-refractivity contribution in [1.29, 1.82) is 0 Å². The first-order chi connectivity index (χ1) is 9.52. The van der Waals surface area contributed by atoms with Crippen molar-refractivity contribution in [2.75, 3.05) is 24.5 Å². The molecule has 1 fully saturated rings. The van der Waals surface area contributed by atoms with Crippen LogP contribution in [-0.4, -0.2) is 24.6 Å². The Morgan fingerprint density at radius 1 is 1.40 bits per heavy atom. The van der Waals surface area contributed by atoms with Crippen molar-refractivity contribution in [2.45, 2.75) is 19.3 Å². The Morgan fingerprint density at radius 3 is 2.60 bits per heavy atom. The molecule has 0 amide bonds. The molecule has 1 aromatic rings. The molecule has 2 N–H and O–H groups in total. The predicted molar refractivity (Wildman–Crippen MR) is 81.7 cm³/mol. The van der Waals surface area contributed by atoms with E-state index in [0.717, 1.165) is 32.4 Å². The van der Waals surface area contributed by atoms with E-state index in [9.17, 15) is 10.1 Å². The van der Waals surface area contributed by atoms with Crippen LogP contribution >= 0.6 is 23.2 Å². The van der Waals surface area contributed by atoms with E-state index in [4.69, 9.17) is 28.9 Å². The second-order valence-electron chi connectivity index (χ2n) is 5.05. The van der Waals surface area contributed by atoms with Crippen molar-refractivity contribution >= 4 is 34.6 Å². The van der Waals surface area contributed by atoms with Gasteiger partial charge in [-0.1, -0.05) is 23.2 Å². The number of nitrogens with two attached hydrogens (primary N) is 1. The van der Waals surface area contributed by atoms with Gasteiger partial charge < -0.3 is 10.6 Å². The minimum atomic E-state index is -0.491. The van der Waals surface area contributed by atoms with Gasteiger partial charge in [-0.05, 0) is 31.7 Å². The third-order valence-corrected chi connectivity index (χ3v) is 4.20. The van der Waals surface area contributed by atoms with Crippen molar-refractivity contribution in [1.82, 2.24) is 0 Å². The highest BCUT2D eigenvalue weighted by Gasteiger charge is 2.24. The fraction of sp³-hybridized carbons (Fsp3) is 0.538. The molecule has 0 aliphatic carbocycles. The molecule has 5 nitrogen and oxygen atoms in total. The van der Waals surface area contributed by atoms with E-state index >= 15 is 0 Å². The molecule has 1 unspecified atom stereocenters. The summed E-state index contributed by atoms with van der Waals surface area (Å²) < 4.78 is 0. The van der Waals surface area contributed by atoms with Crippen molar-refractivity contribution in [3.8, 4) is 0 Å². The summed E-state index contributed by atoms with van der Waals surface area (Å²) in [4.78, 5) is 12.4. The van der Waals surface area contributed by atoms with Gasteiger partial charge in [0.1, 0.15) is 0 Å². The van der Waals surface area contributed by atoms with Crippen molar-refractivity contribution in [3.63, 3.8) is 0 Å². The highest BCUT2D eigenvalue weighted by Crippen LogP contribution is 2.39. The summed E-state index contributed by atoms with van der Waals surface area (Å²) in [7, 11) is 0. The number of halogens is 2. The van der Waals surface area contributed by atoms with E-state index in [0.29, 0.717) is 28.2 Å². The molecule has 1 aliphatic heterocycles. The first kappa shape index (κ1) is 15.4. The lowest BCUT2D eigenvalue weighted by Crippen LogP contribution is -2.36. The zero-order valence-corrected chi connectivity index (χ0v) is 12.5. The van der Waals surface area contributed by atoms with Crippen LogP contribution in [0.25, 0.3) is 0 Å². The maximum absolute atomic E-state index is 10.8. The van der Waals surface area contributed by atoms with Crippen LogP contribution in [0.15, 0.2) is 12.1 Å². The number of hydrogen-bond acceptors (Lipinski definition) is 4. The van der Waals surface area contributed by atoms with Crippen LogP contribution in [0.3, 0.4) is 0 Å². The second-order valence-corrected chi connectivity index (χ2v) is 5.86. The molecule has 7 heteroatoms. The number of hydrogen-bond donors (Lipinski definition) is 1. The molecule has 0 bridgehead atoms. The van der Waals surface area contributed by atoms with E-state index in [1.165, 1.54) is 12.1 Å². The van der Waals surface area contributed by atoms with Crippen LogP contribution in [0.1, 0.15) is 19.3 Å². The summed E-state index contributed by atoms with van der Waals surface area (Å²) in [5.74, 6) is 0.524. The lowest BCUT2D eigenvalue weighted by molar-refractivity contribution is -0.384. The fourth-order valence-electron chi connectivity index (χ4n) is 2.70. The van der Waals surface area contributed by atoms with Crippen LogP contribution in [0.5, 0.6) is 0 Å². The fourth-order valence-corrected chi connectivity index (χ4v) is 3.41. The summed E-state index contributed by atoms with van der Waals surface area (Å²) in [6, 6.07) is 2.71. The Labute approximate surface area is 127 Å². The summed E-state index contributed by atoms with van der Waals surface area (Å²) in [6.45, 7) is 2.37. The normalized spacial score (nSPS) is 19.1. The van der Waals surface area contributed by atoms with Gasteiger partial charge in [-0.15, -0.1) is 0 Å². The van der Waals surface area contributed by atoms with Gasteiger partial charge in [0.25, 0.3) is 5.69 Å². The molecule has 0 spiro atoms. The van der Waals surface area contributed by atoms with E-state index in [1.807, 2.05) is 0 Å². The first-order valence-corrected chi connectivity index (χ1v) is 7.37. The van der Waals surface area contributed by atoms with E-state index in [2.05, 4.69) is 4.90 Å². The molecule has 0 aromatic heterocycles. The molecule has 2 rings (SSSR count). The van der Waals surface area contributed by atoms with Gasteiger partial charge in [-0.25, -0.2) is 0 Å². The van der Waals surface area contributed by atoms with Crippen molar-refractivity contribution in [3.05, 3.63) is 32.3 Å². The van der Waals surface area contributed by atoms with E-state index < -0.39 is 4.92 Å². The molecule has 0 saturated carbocycles. The van der Waals surface area contributed by atoms with Crippen molar-refractivity contribution < 1.29 is 4.92 Å². The summed E-state index contributed by atoms with van der Waals surface area (Å²) in [5.41, 5.74) is 6.22. The van der Waals surface area contributed by atoms with Crippen LogP contribution in [0.4, 0.5) is 11.4 Å². The van der Waals surface area contributed by atoms with Crippen LogP contribution in [0.2, 0.25) is 10.0 Å². The molecule has 1 aromatic carbocycles. The van der Waals surface area contributed by atoms with Gasteiger partial charge in [0.2, 0.25) is 0 Å². The Kier molecular flexibility index (Phi) is 5.07. The van der Waals surface area contributed by atoms with Gasteiger partial charge in [-0.2, -0.15) is 0 Å². The molecule has 0 radical (unpaired) electrons. The van der Waals surface area contributed by atoms with Gasteiger partial charge in [0.15, 0.2) is 0 Å². The largest absolute Gasteiger partial charge is 0.369 e. The summed E-state index contributed by atoms with van der Waals surface area (Å²) >= 11 is 12.4. The Hall–Kier alpha value is -1.04. The maximum Gasteiger partial charge on any atom is 0.272 e. The molecule has 20 heavy (non-hydrogen) atoms. The predicted octanol–water partition coefficient (Wildman–Crippen LogP) is 3.47. The SMILES string of the molecule is NCCC1CCCN(c2c(Cl)cc([N+](=O)[O-])cc2Cl)C1. The monoisotopic (exact) mass is 317 g/mol. The van der Waals surface area contributed by atoms with Crippen LogP contribution < -0.4 is 10.6 Å². The third-order valence-electron chi connectivity index (χ3n) is 3.62. The topological polar surface area (TPSA) is 72.4 Å². The average molecular weight is 318 g/mol. The average Bonchev–Trinajstić information content (AvgIpc) is 2.38. The van der Waals surface area contributed by atoms with Crippen LogP contribution in [-0.2, 0) is 0 Å². The molecule has 1 atom stereocenters. The van der Waals surface area contributed by atoms with Gasteiger partial charge in [-0.3, -0.25) is 10.1 Å². The number of piperidine rings is 1. The molecular formula is C13H17Cl2N3O2. The minimum absolute atomic E-state index is 0.0840. The standard InChI is InChI=1S/C13H17Cl2N3O2/c14-11-6-10(18(19)20)7-12(15)13(11)17-5-1-2-9(8-17)3-4-16/h6-7,9H,1-5,8,16H2. The van der Waals surface area contributed by atoms with E-state index in [-0.39, 0.29) is 5.69 Å². The number of anilines is 1. The first-order valence-electron chi connectivity index (χ1n) is 6.61. The number of nitro benzene ring substituents is 1. The summed E-state index contributed by atoms with van der Waals surface area (Å²) in [5, 5.41) is 11.5. The smallest absolute Gasteiger partial charge is 0.272 e. The zero-order valence-electron chi connectivity index (χ0n) is 11.0. The minimum Gasteiger partial charge on any atom is -0.369 e. The zero-order chi connectivity index (χ0) is 14.7. The Bertz CT molecular complexity index is 485. The molecular weight excluding hydrogens is 301 g/mol. The van der Waals surface area contributed by atoms with Crippen molar-refractivity contribution in [2.24, 2.45) is 11.7 Å². The maximum atomic E-state index is 10.8. The molecule has 1 saturated heterocycles. The summed E-state index contributed by atoms with van der Waals surface area (Å²) in [6.07, 6.45) is 3.17. The highest BCUT2D eigenvalue weighted by atomic mass is 35.5. The number of benzene rings is 1. The van der Waals surface area contributed by atoms with Gasteiger partial charge >= 0.3 is 0 Å². The second kappa shape index (κ2) is 6.61. The number of rotatable bonds is 4. The number of nitro groups is 1. The highest BCUT2D eigenvalue weighted by molar-refractivity contribution is 6.39. The molecule has 1 aliphatic rings.